The number of hydrogen-bond acceptors (Lipinski definition) is 3. The molecule has 0 spiro atoms. The van der Waals surface area contributed by atoms with Crippen molar-refractivity contribution < 1.29 is 9.59 Å². The van der Waals surface area contributed by atoms with Crippen LogP contribution in [-0.2, 0) is 4.79 Å². The zero-order valence-electron chi connectivity index (χ0n) is 11.4. The molecule has 0 radical (unpaired) electrons. The fraction of sp³-hybridized carbons (Fsp3) is 0.462. The molecule has 1 N–H and O–H groups in total. The lowest BCUT2D eigenvalue weighted by atomic mass is 10.3. The molecule has 2 amide bonds. The highest BCUT2D eigenvalue weighted by atomic mass is 16.2. The number of carbonyl (C=O) groups is 2. The molecule has 6 heteroatoms. The molecule has 0 saturated heterocycles. The second kappa shape index (κ2) is 6.72. The Balaban J connectivity index is 3.22. The van der Waals surface area contributed by atoms with E-state index in [1.54, 1.807) is 22.9 Å². The van der Waals surface area contributed by atoms with E-state index >= 15 is 0 Å². The lowest BCUT2D eigenvalue weighted by Crippen LogP contribution is -2.42. The Labute approximate surface area is 112 Å². The number of amides is 2. The Morgan fingerprint density at radius 1 is 1.53 bits per heavy atom. The summed E-state index contributed by atoms with van der Waals surface area (Å²) in [5, 5.41) is 2.47. The molecule has 1 aromatic heterocycles. The minimum Gasteiger partial charge on any atom is -0.341 e. The Bertz CT molecular complexity index is 508. The van der Waals surface area contributed by atoms with E-state index in [4.69, 9.17) is 0 Å². The van der Waals surface area contributed by atoms with Crippen molar-refractivity contribution in [2.24, 2.45) is 0 Å². The average molecular weight is 265 g/mol. The summed E-state index contributed by atoms with van der Waals surface area (Å²) >= 11 is 0. The van der Waals surface area contributed by atoms with Crippen LogP contribution in [0.1, 0.15) is 26.3 Å². The van der Waals surface area contributed by atoms with Gasteiger partial charge in [0.1, 0.15) is 12.0 Å². The number of carbonyl (C=O) groups excluding carboxylic acids is 2. The zero-order chi connectivity index (χ0) is 14.4. The van der Waals surface area contributed by atoms with Crippen molar-refractivity contribution in [3.8, 4) is 0 Å². The van der Waals surface area contributed by atoms with E-state index in [1.807, 2.05) is 13.8 Å². The van der Waals surface area contributed by atoms with Gasteiger partial charge in [-0.05, 0) is 26.0 Å². The van der Waals surface area contributed by atoms with E-state index in [2.05, 4.69) is 5.32 Å². The van der Waals surface area contributed by atoms with Gasteiger partial charge in [-0.25, -0.2) is 4.79 Å². The van der Waals surface area contributed by atoms with Crippen LogP contribution in [0.15, 0.2) is 23.1 Å². The van der Waals surface area contributed by atoms with Crippen LogP contribution in [-0.4, -0.2) is 30.5 Å². The van der Waals surface area contributed by atoms with Crippen molar-refractivity contribution in [2.75, 3.05) is 18.5 Å². The first-order valence-corrected chi connectivity index (χ1v) is 6.17. The first-order valence-electron chi connectivity index (χ1n) is 6.17. The lowest BCUT2D eigenvalue weighted by molar-refractivity contribution is -0.107. The molecular formula is C13H19N3O3. The van der Waals surface area contributed by atoms with Gasteiger partial charge in [0.25, 0.3) is 5.56 Å². The standard InChI is InChI=1S/C13H19N3O3/c1-10(2)15-7-4-6-11(12(15)18)16(8-5-9-17)13(19)14-3/h4,6-7,9-10H,5,8H2,1-3H3,(H,14,19). The summed E-state index contributed by atoms with van der Waals surface area (Å²) in [5.74, 6) is 0. The highest BCUT2D eigenvalue weighted by Gasteiger charge is 2.18. The Hall–Kier alpha value is -2.11. The molecule has 19 heavy (non-hydrogen) atoms. The molecule has 104 valence electrons. The van der Waals surface area contributed by atoms with Crippen LogP contribution in [0.5, 0.6) is 0 Å². The van der Waals surface area contributed by atoms with E-state index in [-0.39, 0.29) is 30.3 Å². The highest BCUT2D eigenvalue weighted by molar-refractivity contribution is 5.91. The maximum absolute atomic E-state index is 12.3. The topological polar surface area (TPSA) is 71.4 Å². The largest absolute Gasteiger partial charge is 0.341 e. The van der Waals surface area contributed by atoms with Crippen LogP contribution in [0.4, 0.5) is 10.5 Å². The monoisotopic (exact) mass is 265 g/mol. The van der Waals surface area contributed by atoms with Gasteiger partial charge in [0.2, 0.25) is 0 Å². The highest BCUT2D eigenvalue weighted by Crippen LogP contribution is 2.10. The van der Waals surface area contributed by atoms with Gasteiger partial charge in [-0.3, -0.25) is 9.69 Å². The van der Waals surface area contributed by atoms with Crippen molar-refractivity contribution in [1.82, 2.24) is 9.88 Å². The van der Waals surface area contributed by atoms with E-state index in [0.29, 0.717) is 0 Å². The van der Waals surface area contributed by atoms with E-state index < -0.39 is 6.03 Å². The molecule has 0 aliphatic rings. The third kappa shape index (κ3) is 3.43. The second-order valence-electron chi connectivity index (χ2n) is 4.36. The Morgan fingerprint density at radius 2 is 2.21 bits per heavy atom. The number of anilines is 1. The predicted octanol–water partition coefficient (Wildman–Crippen LogP) is 1.16. The molecule has 0 bridgehead atoms. The summed E-state index contributed by atoms with van der Waals surface area (Å²) < 4.78 is 1.55. The third-order valence-corrected chi connectivity index (χ3v) is 2.73. The van der Waals surface area contributed by atoms with Gasteiger partial charge in [0, 0.05) is 32.3 Å². The van der Waals surface area contributed by atoms with Gasteiger partial charge in [-0.2, -0.15) is 0 Å². The first-order chi connectivity index (χ1) is 9.02. The van der Waals surface area contributed by atoms with Crippen molar-refractivity contribution in [3.63, 3.8) is 0 Å². The summed E-state index contributed by atoms with van der Waals surface area (Å²) in [6, 6.07) is 2.90. The van der Waals surface area contributed by atoms with Crippen molar-refractivity contribution >= 4 is 18.0 Å². The number of aromatic nitrogens is 1. The molecule has 6 nitrogen and oxygen atoms in total. The van der Waals surface area contributed by atoms with Gasteiger partial charge in [0.15, 0.2) is 0 Å². The molecule has 1 rings (SSSR count). The number of nitrogens with zero attached hydrogens (tertiary/aromatic N) is 2. The SMILES string of the molecule is CNC(=O)N(CCC=O)c1cccn(C(C)C)c1=O. The number of nitrogens with one attached hydrogen (secondary N) is 1. The van der Waals surface area contributed by atoms with Gasteiger partial charge < -0.3 is 14.7 Å². The van der Waals surface area contributed by atoms with Gasteiger partial charge in [0.05, 0.1) is 0 Å². The number of aldehydes is 1. The van der Waals surface area contributed by atoms with E-state index in [1.165, 1.54) is 11.9 Å². The minimum atomic E-state index is -0.402. The maximum atomic E-state index is 12.3. The number of pyridine rings is 1. The normalized spacial score (nSPS) is 10.3. The average Bonchev–Trinajstić information content (AvgIpc) is 2.39. The second-order valence-corrected chi connectivity index (χ2v) is 4.36. The quantitative estimate of drug-likeness (QED) is 0.812. The summed E-state index contributed by atoms with van der Waals surface area (Å²) in [6.07, 6.45) is 2.58. The van der Waals surface area contributed by atoms with E-state index in [0.717, 1.165) is 6.29 Å². The predicted molar refractivity (Wildman–Crippen MR) is 73.6 cm³/mol. The first kappa shape index (κ1) is 14.9. The number of hydrogen-bond donors (Lipinski definition) is 1. The van der Waals surface area contributed by atoms with Crippen LogP contribution < -0.4 is 15.8 Å². The van der Waals surface area contributed by atoms with Crippen molar-refractivity contribution in [3.05, 3.63) is 28.7 Å². The molecule has 0 aliphatic carbocycles. The van der Waals surface area contributed by atoms with Gasteiger partial charge in [-0.1, -0.05) is 0 Å². The molecule has 0 aromatic carbocycles. The molecule has 0 saturated carbocycles. The van der Waals surface area contributed by atoms with E-state index in [9.17, 15) is 14.4 Å². The van der Waals surface area contributed by atoms with Crippen LogP contribution in [0.25, 0.3) is 0 Å². The van der Waals surface area contributed by atoms with Crippen LogP contribution in [0.3, 0.4) is 0 Å². The molecule has 1 aromatic rings. The molecule has 0 aliphatic heterocycles. The Morgan fingerprint density at radius 3 is 2.74 bits per heavy atom. The smallest absolute Gasteiger partial charge is 0.321 e. The minimum absolute atomic E-state index is 0.00468. The number of urea groups is 1. The van der Waals surface area contributed by atoms with Crippen molar-refractivity contribution in [2.45, 2.75) is 26.3 Å². The van der Waals surface area contributed by atoms with Crippen molar-refractivity contribution in [1.29, 1.82) is 0 Å². The Kier molecular flexibility index (Phi) is 5.29. The summed E-state index contributed by atoms with van der Waals surface area (Å²) in [7, 11) is 1.49. The summed E-state index contributed by atoms with van der Waals surface area (Å²) in [5.41, 5.74) is 0.0319. The summed E-state index contributed by atoms with van der Waals surface area (Å²) in [6.45, 7) is 3.96. The van der Waals surface area contributed by atoms with Gasteiger partial charge in [-0.15, -0.1) is 0 Å². The molecule has 0 unspecified atom stereocenters. The van der Waals surface area contributed by atoms with Gasteiger partial charge >= 0.3 is 6.03 Å². The third-order valence-electron chi connectivity index (χ3n) is 2.73. The lowest BCUT2D eigenvalue weighted by Gasteiger charge is -2.22. The van der Waals surface area contributed by atoms with Crippen LogP contribution >= 0.6 is 0 Å². The number of rotatable bonds is 5. The summed E-state index contributed by atoms with van der Waals surface area (Å²) in [4.78, 5) is 35.8. The molecule has 1 heterocycles. The fourth-order valence-corrected chi connectivity index (χ4v) is 1.76. The maximum Gasteiger partial charge on any atom is 0.321 e. The molecule has 0 atom stereocenters. The molecular weight excluding hydrogens is 246 g/mol. The molecule has 0 fully saturated rings. The van der Waals surface area contributed by atoms with Crippen LogP contribution in [0.2, 0.25) is 0 Å². The fourth-order valence-electron chi connectivity index (χ4n) is 1.76. The zero-order valence-corrected chi connectivity index (χ0v) is 11.4. The van der Waals surface area contributed by atoms with Crippen LogP contribution in [0, 0.1) is 0 Å².